The van der Waals surface area contributed by atoms with Crippen LogP contribution in [0.4, 0.5) is 0 Å². The van der Waals surface area contributed by atoms with Crippen LogP contribution < -0.4 is 5.32 Å². The molecule has 0 saturated carbocycles. The Bertz CT molecular complexity index is 339. The van der Waals surface area contributed by atoms with Gasteiger partial charge in [0, 0.05) is 24.0 Å². The molecular weight excluding hydrogens is 238 g/mol. The lowest BCUT2D eigenvalue weighted by Gasteiger charge is -2.18. The standard InChI is InChI=1S/C11H19N3O2S/c1-3-12-8(2)6-10-13-11(14-16-10)9-7-17-5-4-15-9/h8-9,12H,3-7H2,1-2H3. The maximum absolute atomic E-state index is 5.61. The van der Waals surface area contributed by atoms with Gasteiger partial charge >= 0.3 is 0 Å². The van der Waals surface area contributed by atoms with Crippen LogP contribution in [-0.4, -0.2) is 40.8 Å². The minimum absolute atomic E-state index is 0.000639. The Kier molecular flexibility index (Phi) is 4.82. The molecule has 2 unspecified atom stereocenters. The number of nitrogens with one attached hydrogen (secondary N) is 1. The van der Waals surface area contributed by atoms with Gasteiger partial charge in [0.2, 0.25) is 11.7 Å². The van der Waals surface area contributed by atoms with E-state index in [1.807, 2.05) is 11.8 Å². The van der Waals surface area contributed by atoms with Crippen LogP contribution in [0.25, 0.3) is 0 Å². The summed E-state index contributed by atoms with van der Waals surface area (Å²) in [7, 11) is 0. The van der Waals surface area contributed by atoms with Crippen molar-refractivity contribution in [2.45, 2.75) is 32.4 Å². The molecule has 0 aromatic carbocycles. The van der Waals surface area contributed by atoms with Gasteiger partial charge in [0.25, 0.3) is 0 Å². The van der Waals surface area contributed by atoms with Gasteiger partial charge in [0.05, 0.1) is 6.61 Å². The van der Waals surface area contributed by atoms with Gasteiger partial charge in [-0.05, 0) is 13.5 Å². The molecule has 1 aromatic heterocycles. The van der Waals surface area contributed by atoms with E-state index in [0.717, 1.165) is 31.1 Å². The van der Waals surface area contributed by atoms with Crippen molar-refractivity contribution in [1.29, 1.82) is 0 Å². The van der Waals surface area contributed by atoms with E-state index in [0.29, 0.717) is 17.8 Å². The van der Waals surface area contributed by atoms with Crippen LogP contribution in [-0.2, 0) is 11.2 Å². The fourth-order valence-electron chi connectivity index (χ4n) is 1.80. The van der Waals surface area contributed by atoms with Crippen molar-refractivity contribution in [3.8, 4) is 0 Å². The summed E-state index contributed by atoms with van der Waals surface area (Å²) in [5.74, 6) is 3.35. The Morgan fingerprint density at radius 3 is 3.18 bits per heavy atom. The van der Waals surface area contributed by atoms with Gasteiger partial charge in [-0.15, -0.1) is 0 Å². The molecule has 1 aliphatic rings. The largest absolute Gasteiger partial charge is 0.368 e. The topological polar surface area (TPSA) is 60.2 Å². The lowest BCUT2D eigenvalue weighted by molar-refractivity contribution is 0.0677. The third kappa shape index (κ3) is 3.69. The number of thioether (sulfide) groups is 1. The van der Waals surface area contributed by atoms with Crippen molar-refractivity contribution in [3.63, 3.8) is 0 Å². The average Bonchev–Trinajstić information content (AvgIpc) is 2.79. The van der Waals surface area contributed by atoms with Gasteiger partial charge in [0.15, 0.2) is 0 Å². The first-order valence-electron chi connectivity index (χ1n) is 6.04. The van der Waals surface area contributed by atoms with Gasteiger partial charge < -0.3 is 14.6 Å². The number of hydrogen-bond acceptors (Lipinski definition) is 6. The zero-order valence-corrected chi connectivity index (χ0v) is 11.1. The Morgan fingerprint density at radius 2 is 2.47 bits per heavy atom. The van der Waals surface area contributed by atoms with Crippen molar-refractivity contribution in [3.05, 3.63) is 11.7 Å². The molecule has 5 nitrogen and oxygen atoms in total. The first kappa shape index (κ1) is 12.9. The summed E-state index contributed by atoms with van der Waals surface area (Å²) in [6.45, 7) is 5.92. The van der Waals surface area contributed by atoms with Crippen LogP contribution in [0.2, 0.25) is 0 Å². The smallest absolute Gasteiger partial charge is 0.228 e. The molecule has 0 amide bonds. The van der Waals surface area contributed by atoms with E-state index in [4.69, 9.17) is 9.26 Å². The van der Waals surface area contributed by atoms with Gasteiger partial charge in [0.1, 0.15) is 6.10 Å². The fourth-order valence-corrected chi connectivity index (χ4v) is 2.64. The molecule has 17 heavy (non-hydrogen) atoms. The number of hydrogen-bond donors (Lipinski definition) is 1. The second kappa shape index (κ2) is 6.37. The zero-order chi connectivity index (χ0) is 12.1. The summed E-state index contributed by atoms with van der Waals surface area (Å²) >= 11 is 1.87. The van der Waals surface area contributed by atoms with E-state index < -0.39 is 0 Å². The molecule has 1 aromatic rings. The molecule has 0 aliphatic carbocycles. The van der Waals surface area contributed by atoms with Crippen LogP contribution in [0, 0.1) is 0 Å². The summed E-state index contributed by atoms with van der Waals surface area (Å²) in [5, 5.41) is 7.32. The fraction of sp³-hybridized carbons (Fsp3) is 0.818. The molecule has 1 aliphatic heterocycles. The van der Waals surface area contributed by atoms with E-state index in [9.17, 15) is 0 Å². The predicted molar refractivity (Wildman–Crippen MR) is 67.2 cm³/mol. The Balaban J connectivity index is 1.90. The molecule has 0 radical (unpaired) electrons. The normalized spacial score (nSPS) is 22.6. The molecule has 1 fully saturated rings. The quantitative estimate of drug-likeness (QED) is 0.860. The third-order valence-electron chi connectivity index (χ3n) is 2.62. The Morgan fingerprint density at radius 1 is 1.59 bits per heavy atom. The lowest BCUT2D eigenvalue weighted by Crippen LogP contribution is -2.27. The van der Waals surface area contributed by atoms with Crippen LogP contribution in [0.15, 0.2) is 4.52 Å². The van der Waals surface area contributed by atoms with Gasteiger partial charge in [-0.2, -0.15) is 16.7 Å². The highest BCUT2D eigenvalue weighted by Crippen LogP contribution is 2.24. The highest BCUT2D eigenvalue weighted by atomic mass is 32.2. The van der Waals surface area contributed by atoms with E-state index in [1.165, 1.54) is 0 Å². The highest BCUT2D eigenvalue weighted by molar-refractivity contribution is 7.99. The molecule has 0 spiro atoms. The van der Waals surface area contributed by atoms with E-state index in [2.05, 4.69) is 29.3 Å². The number of rotatable bonds is 5. The average molecular weight is 257 g/mol. The summed E-state index contributed by atoms with van der Waals surface area (Å²) < 4.78 is 10.9. The highest BCUT2D eigenvalue weighted by Gasteiger charge is 2.22. The SMILES string of the molecule is CCNC(C)Cc1nc(C2CSCCO2)no1. The van der Waals surface area contributed by atoms with Gasteiger partial charge in [-0.3, -0.25) is 0 Å². The van der Waals surface area contributed by atoms with Crippen molar-refractivity contribution >= 4 is 11.8 Å². The van der Waals surface area contributed by atoms with Crippen molar-refractivity contribution in [2.75, 3.05) is 24.7 Å². The van der Waals surface area contributed by atoms with Crippen LogP contribution in [0.1, 0.15) is 31.7 Å². The molecule has 2 rings (SSSR count). The molecule has 1 N–H and O–H groups in total. The monoisotopic (exact) mass is 257 g/mol. The summed E-state index contributed by atoms with van der Waals surface area (Å²) in [4.78, 5) is 4.40. The number of nitrogens with zero attached hydrogens (tertiary/aromatic N) is 2. The molecule has 1 saturated heterocycles. The maximum Gasteiger partial charge on any atom is 0.228 e. The molecule has 2 heterocycles. The summed E-state index contributed by atoms with van der Waals surface area (Å²) in [5.41, 5.74) is 0. The maximum atomic E-state index is 5.61. The third-order valence-corrected chi connectivity index (χ3v) is 3.61. The predicted octanol–water partition coefficient (Wildman–Crippen LogP) is 1.41. The minimum Gasteiger partial charge on any atom is -0.368 e. The van der Waals surface area contributed by atoms with Crippen LogP contribution in [0.3, 0.4) is 0 Å². The van der Waals surface area contributed by atoms with E-state index >= 15 is 0 Å². The second-order valence-electron chi connectivity index (χ2n) is 4.14. The van der Waals surface area contributed by atoms with Gasteiger partial charge in [-0.25, -0.2) is 0 Å². The first-order chi connectivity index (χ1) is 8.29. The Labute approximate surface area is 106 Å². The number of likely N-dealkylation sites (N-methyl/N-ethyl adjacent to an activating group) is 1. The van der Waals surface area contributed by atoms with Crippen molar-refractivity contribution < 1.29 is 9.26 Å². The zero-order valence-electron chi connectivity index (χ0n) is 10.3. The molecule has 2 atom stereocenters. The van der Waals surface area contributed by atoms with E-state index in [1.54, 1.807) is 0 Å². The minimum atomic E-state index is 0.000639. The van der Waals surface area contributed by atoms with E-state index in [-0.39, 0.29) is 6.10 Å². The molecular formula is C11H19N3O2S. The molecule has 0 bridgehead atoms. The Hall–Kier alpha value is -0.590. The summed E-state index contributed by atoms with van der Waals surface area (Å²) in [6, 6.07) is 0.356. The molecule has 6 heteroatoms. The lowest BCUT2D eigenvalue weighted by atomic mass is 10.2. The summed E-state index contributed by atoms with van der Waals surface area (Å²) in [6.07, 6.45) is 0.765. The van der Waals surface area contributed by atoms with Crippen LogP contribution >= 0.6 is 11.8 Å². The number of aromatic nitrogens is 2. The van der Waals surface area contributed by atoms with Crippen molar-refractivity contribution in [1.82, 2.24) is 15.5 Å². The van der Waals surface area contributed by atoms with Crippen LogP contribution in [0.5, 0.6) is 0 Å². The first-order valence-corrected chi connectivity index (χ1v) is 7.20. The van der Waals surface area contributed by atoms with Crippen molar-refractivity contribution in [2.24, 2.45) is 0 Å². The van der Waals surface area contributed by atoms with Gasteiger partial charge in [-0.1, -0.05) is 12.1 Å². The number of ether oxygens (including phenoxy) is 1. The molecule has 96 valence electrons. The second-order valence-corrected chi connectivity index (χ2v) is 5.29.